The van der Waals surface area contributed by atoms with Gasteiger partial charge in [0.25, 0.3) is 5.91 Å². The van der Waals surface area contributed by atoms with Gasteiger partial charge in [-0.2, -0.15) is 13.2 Å². The number of halogens is 5. The fourth-order valence-corrected chi connectivity index (χ4v) is 4.91. The zero-order chi connectivity index (χ0) is 30.4. The third-order valence-electron chi connectivity index (χ3n) is 5.74. The van der Waals surface area contributed by atoms with Gasteiger partial charge in [0.15, 0.2) is 22.5 Å². The molecule has 4 aromatic rings. The lowest BCUT2D eigenvalue weighted by atomic mass is 10.2. The predicted octanol–water partition coefficient (Wildman–Crippen LogP) is 6.38. The van der Waals surface area contributed by atoms with Crippen LogP contribution in [0.5, 0.6) is 11.5 Å². The van der Waals surface area contributed by atoms with Crippen molar-refractivity contribution in [2.24, 2.45) is 0 Å². The van der Waals surface area contributed by atoms with Crippen molar-refractivity contribution >= 4 is 56.8 Å². The minimum absolute atomic E-state index is 0.0111. The Labute approximate surface area is 255 Å². The maximum absolute atomic E-state index is 13.1. The van der Waals surface area contributed by atoms with Crippen LogP contribution in [0.25, 0.3) is 5.69 Å². The van der Waals surface area contributed by atoms with Crippen LogP contribution in [0.3, 0.4) is 0 Å². The van der Waals surface area contributed by atoms with Crippen molar-refractivity contribution in [3.8, 4) is 17.2 Å². The first-order chi connectivity index (χ1) is 20.0. The van der Waals surface area contributed by atoms with Crippen molar-refractivity contribution in [2.75, 3.05) is 25.3 Å². The first-order valence-corrected chi connectivity index (χ1v) is 14.2. The van der Waals surface area contributed by atoms with Crippen LogP contribution in [0.15, 0.2) is 70.3 Å². The summed E-state index contributed by atoms with van der Waals surface area (Å²) in [7, 11) is 2.96. The molecule has 1 heterocycles. The zero-order valence-corrected chi connectivity index (χ0v) is 25.1. The van der Waals surface area contributed by atoms with Crippen molar-refractivity contribution in [2.45, 2.75) is 17.9 Å². The normalized spacial score (nSPS) is 11.2. The maximum atomic E-state index is 13.1. The molecule has 1 aromatic heterocycles. The van der Waals surface area contributed by atoms with Gasteiger partial charge in [0.2, 0.25) is 5.91 Å². The molecular formula is C27H22BrClF3N5O4S. The molecule has 0 spiro atoms. The molecule has 0 saturated carbocycles. The number of benzene rings is 3. The summed E-state index contributed by atoms with van der Waals surface area (Å²) in [5.74, 6) is 0.0357. The average Bonchev–Trinajstić information content (AvgIpc) is 3.38. The smallest absolute Gasteiger partial charge is 0.416 e. The highest BCUT2D eigenvalue weighted by Crippen LogP contribution is 2.34. The second-order valence-corrected chi connectivity index (χ2v) is 10.8. The van der Waals surface area contributed by atoms with E-state index in [9.17, 15) is 22.8 Å². The van der Waals surface area contributed by atoms with Crippen molar-refractivity contribution in [1.82, 2.24) is 20.1 Å². The number of alkyl halides is 3. The van der Waals surface area contributed by atoms with Crippen molar-refractivity contribution in [3.05, 3.63) is 87.1 Å². The Balaban J connectivity index is 1.51. The van der Waals surface area contributed by atoms with Crippen LogP contribution in [0.4, 0.5) is 18.9 Å². The van der Waals surface area contributed by atoms with Crippen LogP contribution in [0.2, 0.25) is 5.02 Å². The van der Waals surface area contributed by atoms with Crippen molar-refractivity contribution in [1.29, 1.82) is 0 Å². The third-order valence-corrected chi connectivity index (χ3v) is 7.53. The summed E-state index contributed by atoms with van der Waals surface area (Å²) in [5.41, 5.74) is -0.112. The number of rotatable bonds is 10. The van der Waals surface area contributed by atoms with Gasteiger partial charge in [-0.15, -0.1) is 10.2 Å². The summed E-state index contributed by atoms with van der Waals surface area (Å²) in [6.07, 6.45) is -4.59. The van der Waals surface area contributed by atoms with E-state index >= 15 is 0 Å². The molecule has 0 saturated heterocycles. The molecule has 3 aromatic carbocycles. The second kappa shape index (κ2) is 13.5. The molecule has 0 aliphatic rings. The Bertz CT molecular complexity index is 1600. The van der Waals surface area contributed by atoms with Gasteiger partial charge in [0.05, 0.1) is 42.8 Å². The summed E-state index contributed by atoms with van der Waals surface area (Å²) in [6.45, 7) is -0.0111. The number of hydrogen-bond acceptors (Lipinski definition) is 7. The molecule has 2 amide bonds. The molecule has 0 atom stereocenters. The van der Waals surface area contributed by atoms with Crippen LogP contribution in [-0.2, 0) is 17.5 Å². The van der Waals surface area contributed by atoms with Gasteiger partial charge >= 0.3 is 6.18 Å². The van der Waals surface area contributed by atoms with Gasteiger partial charge in [-0.25, -0.2) is 0 Å². The van der Waals surface area contributed by atoms with Gasteiger partial charge in [0, 0.05) is 15.7 Å². The highest BCUT2D eigenvalue weighted by atomic mass is 79.9. The number of amides is 2. The van der Waals surface area contributed by atoms with E-state index in [1.54, 1.807) is 47.0 Å². The van der Waals surface area contributed by atoms with Crippen molar-refractivity contribution < 1.29 is 32.2 Å². The highest BCUT2D eigenvalue weighted by molar-refractivity contribution is 9.10. The molecule has 0 unspecified atom stereocenters. The molecule has 220 valence electrons. The molecule has 0 fully saturated rings. The Kier molecular flexibility index (Phi) is 10.0. The van der Waals surface area contributed by atoms with E-state index in [0.717, 1.165) is 34.4 Å². The zero-order valence-electron chi connectivity index (χ0n) is 22.0. The standard InChI is InChI=1S/C27H22BrClF3N5O4S/c1-40-21-10-3-15(11-22(21)41-2)25(39)33-13-23-35-36-26(37(23)18-7-5-17(28)6-8-18)42-14-24(38)34-20-12-16(27(30,31)32)4-9-19(20)29/h3-12H,13-14H2,1-2H3,(H,33,39)(H,34,38). The monoisotopic (exact) mass is 683 g/mol. The van der Waals surface area contributed by atoms with E-state index < -0.39 is 23.6 Å². The molecule has 0 radical (unpaired) electrons. The summed E-state index contributed by atoms with van der Waals surface area (Å²) < 4.78 is 52.3. The Morgan fingerprint density at radius 1 is 1.00 bits per heavy atom. The molecule has 15 heteroatoms. The van der Waals surface area contributed by atoms with E-state index in [4.69, 9.17) is 21.1 Å². The topological polar surface area (TPSA) is 107 Å². The lowest BCUT2D eigenvalue weighted by Gasteiger charge is -2.13. The lowest BCUT2D eigenvalue weighted by molar-refractivity contribution is -0.137. The fraction of sp³-hybridized carbons (Fsp3) is 0.185. The van der Waals surface area contributed by atoms with Crippen molar-refractivity contribution in [3.63, 3.8) is 0 Å². The number of carbonyl (C=O) groups excluding carboxylic acids is 2. The quantitative estimate of drug-likeness (QED) is 0.187. The lowest BCUT2D eigenvalue weighted by Crippen LogP contribution is -2.24. The minimum atomic E-state index is -4.59. The number of ether oxygens (including phenoxy) is 2. The largest absolute Gasteiger partial charge is 0.493 e. The van der Waals surface area contributed by atoms with E-state index in [1.165, 1.54) is 14.2 Å². The number of anilines is 1. The average molecular weight is 685 g/mol. The van der Waals surface area contributed by atoms with Gasteiger partial charge in [-0.1, -0.05) is 39.3 Å². The maximum Gasteiger partial charge on any atom is 0.416 e. The van der Waals surface area contributed by atoms with E-state index in [0.29, 0.717) is 33.7 Å². The summed E-state index contributed by atoms with van der Waals surface area (Å²) in [4.78, 5) is 25.5. The van der Waals surface area contributed by atoms with Crippen LogP contribution in [-0.4, -0.2) is 46.6 Å². The van der Waals surface area contributed by atoms with Crippen LogP contribution in [0.1, 0.15) is 21.7 Å². The number of aromatic nitrogens is 3. The molecule has 2 N–H and O–H groups in total. The molecular weight excluding hydrogens is 663 g/mol. The Morgan fingerprint density at radius 3 is 2.38 bits per heavy atom. The number of nitrogens with one attached hydrogen (secondary N) is 2. The number of thioether (sulfide) groups is 1. The molecule has 0 bridgehead atoms. The van der Waals surface area contributed by atoms with Gasteiger partial charge in [0.1, 0.15) is 0 Å². The SMILES string of the molecule is COc1ccc(C(=O)NCc2nnc(SCC(=O)Nc3cc(C(F)(F)F)ccc3Cl)n2-c2ccc(Br)cc2)cc1OC. The van der Waals surface area contributed by atoms with Gasteiger partial charge < -0.3 is 20.1 Å². The Morgan fingerprint density at radius 2 is 1.71 bits per heavy atom. The minimum Gasteiger partial charge on any atom is -0.493 e. The van der Waals surface area contributed by atoms with E-state index in [1.807, 2.05) is 0 Å². The predicted molar refractivity (Wildman–Crippen MR) is 156 cm³/mol. The molecule has 9 nitrogen and oxygen atoms in total. The second-order valence-electron chi connectivity index (χ2n) is 8.49. The van der Waals surface area contributed by atoms with E-state index in [-0.39, 0.29) is 23.0 Å². The number of hydrogen-bond donors (Lipinski definition) is 2. The summed E-state index contributed by atoms with van der Waals surface area (Å²) in [5, 5.41) is 13.9. The van der Waals surface area contributed by atoms with Gasteiger partial charge in [-0.05, 0) is 60.7 Å². The first kappa shape index (κ1) is 31.2. The molecule has 42 heavy (non-hydrogen) atoms. The van der Waals surface area contributed by atoms with Crippen LogP contribution in [0, 0.1) is 0 Å². The molecule has 0 aliphatic heterocycles. The highest BCUT2D eigenvalue weighted by Gasteiger charge is 2.31. The fourth-order valence-electron chi connectivity index (χ4n) is 3.71. The van der Waals surface area contributed by atoms with Gasteiger partial charge in [-0.3, -0.25) is 14.2 Å². The van der Waals surface area contributed by atoms with Crippen LogP contribution >= 0.6 is 39.3 Å². The third kappa shape index (κ3) is 7.55. The summed E-state index contributed by atoms with van der Waals surface area (Å²) >= 11 is 10.4. The molecule has 4 rings (SSSR count). The first-order valence-electron chi connectivity index (χ1n) is 12.0. The number of carbonyl (C=O) groups is 2. The summed E-state index contributed by atoms with van der Waals surface area (Å²) in [6, 6.07) is 14.6. The number of methoxy groups -OCH3 is 2. The number of nitrogens with zero attached hydrogens (tertiary/aromatic N) is 3. The van der Waals surface area contributed by atoms with Crippen LogP contribution < -0.4 is 20.1 Å². The van der Waals surface area contributed by atoms with E-state index in [2.05, 4.69) is 36.8 Å². The molecule has 0 aliphatic carbocycles. The Hall–Kier alpha value is -3.75.